The van der Waals surface area contributed by atoms with Gasteiger partial charge < -0.3 is 15.5 Å². The summed E-state index contributed by atoms with van der Waals surface area (Å²) in [5, 5.41) is 6.29. The van der Waals surface area contributed by atoms with Crippen molar-refractivity contribution in [1.82, 2.24) is 10.2 Å². The van der Waals surface area contributed by atoms with Crippen LogP contribution in [-0.2, 0) is 9.59 Å². The van der Waals surface area contributed by atoms with Crippen LogP contribution < -0.4 is 10.6 Å². The van der Waals surface area contributed by atoms with Crippen LogP contribution in [0.3, 0.4) is 0 Å². The van der Waals surface area contributed by atoms with Gasteiger partial charge in [0.2, 0.25) is 11.8 Å². The van der Waals surface area contributed by atoms with Gasteiger partial charge in [0.1, 0.15) is 0 Å². The Labute approximate surface area is 163 Å². The summed E-state index contributed by atoms with van der Waals surface area (Å²) in [5.74, 6) is 0.398. The Bertz CT molecular complexity index is 600. The van der Waals surface area contributed by atoms with E-state index in [1.807, 2.05) is 29.2 Å². The summed E-state index contributed by atoms with van der Waals surface area (Å²) in [6.45, 7) is 3.18. The Morgan fingerprint density at radius 2 is 1.84 bits per heavy atom. The molecule has 0 bridgehead atoms. The van der Waals surface area contributed by atoms with Crippen molar-refractivity contribution in [3.8, 4) is 0 Å². The summed E-state index contributed by atoms with van der Waals surface area (Å²) >= 11 is 3.45. The molecule has 2 aliphatic heterocycles. The largest absolute Gasteiger partial charge is 0.342 e. The SMILES string of the molecule is Cl.O=C(Nc1ccccc1Br)C1CCN(C(=O)C2CCCNC2)CC1. The third-order valence-electron chi connectivity index (χ3n) is 4.96. The van der Waals surface area contributed by atoms with E-state index in [1.54, 1.807) is 0 Å². The van der Waals surface area contributed by atoms with Gasteiger partial charge >= 0.3 is 0 Å². The number of benzene rings is 1. The number of nitrogens with one attached hydrogen (secondary N) is 2. The van der Waals surface area contributed by atoms with Gasteiger partial charge in [0.15, 0.2) is 0 Å². The number of para-hydroxylation sites is 1. The molecule has 1 atom stereocenters. The fraction of sp³-hybridized carbons (Fsp3) is 0.556. The second-order valence-electron chi connectivity index (χ2n) is 6.61. The average molecular weight is 431 g/mol. The maximum absolute atomic E-state index is 12.5. The van der Waals surface area contributed by atoms with Crippen LogP contribution in [0, 0.1) is 11.8 Å². The molecule has 138 valence electrons. The van der Waals surface area contributed by atoms with Gasteiger partial charge in [0.05, 0.1) is 11.6 Å². The molecule has 2 heterocycles. The highest BCUT2D eigenvalue weighted by Gasteiger charge is 2.31. The molecule has 7 heteroatoms. The quantitative estimate of drug-likeness (QED) is 0.775. The molecule has 1 aromatic rings. The van der Waals surface area contributed by atoms with Crippen LogP contribution in [-0.4, -0.2) is 42.9 Å². The Kier molecular flexibility index (Phi) is 7.72. The summed E-state index contributed by atoms with van der Waals surface area (Å²) in [5.41, 5.74) is 0.800. The third kappa shape index (κ3) is 5.19. The molecule has 25 heavy (non-hydrogen) atoms. The van der Waals surface area contributed by atoms with Crippen molar-refractivity contribution < 1.29 is 9.59 Å². The number of halogens is 2. The highest BCUT2D eigenvalue weighted by Crippen LogP contribution is 2.25. The molecule has 2 aliphatic rings. The van der Waals surface area contributed by atoms with Crippen molar-refractivity contribution in [2.75, 3.05) is 31.5 Å². The molecule has 1 aromatic carbocycles. The van der Waals surface area contributed by atoms with Crippen LogP contribution in [0.15, 0.2) is 28.7 Å². The first kappa shape index (κ1) is 20.2. The molecule has 1 unspecified atom stereocenters. The van der Waals surface area contributed by atoms with E-state index >= 15 is 0 Å². The number of hydrogen-bond donors (Lipinski definition) is 2. The number of piperidine rings is 2. The molecular formula is C18H25BrClN3O2. The first-order valence-corrected chi connectivity index (χ1v) is 9.49. The van der Waals surface area contributed by atoms with E-state index in [-0.39, 0.29) is 36.1 Å². The van der Waals surface area contributed by atoms with Gasteiger partial charge in [-0.2, -0.15) is 0 Å². The summed E-state index contributed by atoms with van der Waals surface area (Å²) in [6, 6.07) is 7.62. The number of rotatable bonds is 3. The second kappa shape index (κ2) is 9.55. The molecule has 0 saturated carbocycles. The Morgan fingerprint density at radius 3 is 2.48 bits per heavy atom. The fourth-order valence-corrected chi connectivity index (χ4v) is 3.86. The van der Waals surface area contributed by atoms with E-state index < -0.39 is 0 Å². The standard InChI is InChI=1S/C18H24BrN3O2.ClH/c19-15-5-1-2-6-16(15)21-17(23)13-7-10-22(11-8-13)18(24)14-4-3-9-20-12-14;/h1-2,5-6,13-14,20H,3-4,7-12H2,(H,21,23);1H. The van der Waals surface area contributed by atoms with Crippen molar-refractivity contribution in [3.63, 3.8) is 0 Å². The zero-order chi connectivity index (χ0) is 16.9. The van der Waals surface area contributed by atoms with Crippen molar-refractivity contribution in [2.24, 2.45) is 11.8 Å². The molecular weight excluding hydrogens is 406 g/mol. The number of likely N-dealkylation sites (tertiary alicyclic amines) is 1. The highest BCUT2D eigenvalue weighted by molar-refractivity contribution is 9.10. The maximum Gasteiger partial charge on any atom is 0.227 e. The number of hydrogen-bond acceptors (Lipinski definition) is 3. The number of amides is 2. The molecule has 2 amide bonds. The van der Waals surface area contributed by atoms with Gasteiger partial charge in [-0.1, -0.05) is 12.1 Å². The number of carbonyl (C=O) groups is 2. The summed E-state index contributed by atoms with van der Waals surface area (Å²) in [7, 11) is 0. The Morgan fingerprint density at radius 1 is 1.12 bits per heavy atom. The molecule has 0 spiro atoms. The first-order valence-electron chi connectivity index (χ1n) is 8.70. The molecule has 2 fully saturated rings. The zero-order valence-electron chi connectivity index (χ0n) is 14.2. The van der Waals surface area contributed by atoms with Gasteiger partial charge in [0, 0.05) is 30.0 Å². The van der Waals surface area contributed by atoms with Gasteiger partial charge in [-0.3, -0.25) is 9.59 Å². The minimum Gasteiger partial charge on any atom is -0.342 e. The van der Waals surface area contributed by atoms with E-state index in [1.165, 1.54) is 0 Å². The maximum atomic E-state index is 12.5. The van der Waals surface area contributed by atoms with E-state index in [9.17, 15) is 9.59 Å². The number of nitrogens with zero attached hydrogens (tertiary/aromatic N) is 1. The second-order valence-corrected chi connectivity index (χ2v) is 7.47. The van der Waals surface area contributed by atoms with Crippen LogP contribution >= 0.6 is 28.3 Å². The van der Waals surface area contributed by atoms with E-state index in [4.69, 9.17) is 0 Å². The lowest BCUT2D eigenvalue weighted by Crippen LogP contribution is -2.47. The predicted octanol–water partition coefficient (Wildman–Crippen LogP) is 3.05. The average Bonchev–Trinajstić information content (AvgIpc) is 2.64. The zero-order valence-corrected chi connectivity index (χ0v) is 16.6. The van der Waals surface area contributed by atoms with Gasteiger partial charge in [-0.25, -0.2) is 0 Å². The molecule has 0 aromatic heterocycles. The molecule has 0 radical (unpaired) electrons. The fourth-order valence-electron chi connectivity index (χ4n) is 3.48. The lowest BCUT2D eigenvalue weighted by atomic mass is 9.93. The normalized spacial score (nSPS) is 21.3. The van der Waals surface area contributed by atoms with Crippen LogP contribution in [0.5, 0.6) is 0 Å². The Balaban J connectivity index is 0.00000225. The van der Waals surface area contributed by atoms with E-state index in [2.05, 4.69) is 26.6 Å². The molecule has 5 nitrogen and oxygen atoms in total. The van der Waals surface area contributed by atoms with Crippen LogP contribution in [0.25, 0.3) is 0 Å². The summed E-state index contributed by atoms with van der Waals surface area (Å²) in [6.07, 6.45) is 3.53. The molecule has 2 N–H and O–H groups in total. The molecule has 3 rings (SSSR count). The van der Waals surface area contributed by atoms with E-state index in [0.717, 1.165) is 48.9 Å². The van der Waals surface area contributed by atoms with Crippen molar-refractivity contribution >= 4 is 45.8 Å². The van der Waals surface area contributed by atoms with Crippen molar-refractivity contribution in [3.05, 3.63) is 28.7 Å². The minimum atomic E-state index is -0.0226. The number of carbonyl (C=O) groups excluding carboxylic acids is 2. The number of anilines is 1. The predicted molar refractivity (Wildman–Crippen MR) is 105 cm³/mol. The lowest BCUT2D eigenvalue weighted by molar-refractivity contribution is -0.138. The van der Waals surface area contributed by atoms with Crippen LogP contribution in [0.4, 0.5) is 5.69 Å². The molecule has 2 saturated heterocycles. The van der Waals surface area contributed by atoms with Gasteiger partial charge in [-0.15, -0.1) is 12.4 Å². The Hall–Kier alpha value is -1.11. The van der Waals surface area contributed by atoms with Gasteiger partial charge in [0.25, 0.3) is 0 Å². The minimum absolute atomic E-state index is 0. The lowest BCUT2D eigenvalue weighted by Gasteiger charge is -2.34. The first-order chi connectivity index (χ1) is 11.6. The van der Waals surface area contributed by atoms with Crippen LogP contribution in [0.1, 0.15) is 25.7 Å². The summed E-state index contributed by atoms with van der Waals surface area (Å²) in [4.78, 5) is 26.9. The topological polar surface area (TPSA) is 61.4 Å². The molecule has 0 aliphatic carbocycles. The van der Waals surface area contributed by atoms with E-state index in [0.29, 0.717) is 13.1 Å². The highest BCUT2D eigenvalue weighted by atomic mass is 79.9. The van der Waals surface area contributed by atoms with Crippen molar-refractivity contribution in [1.29, 1.82) is 0 Å². The smallest absolute Gasteiger partial charge is 0.227 e. The van der Waals surface area contributed by atoms with Gasteiger partial charge in [-0.05, 0) is 60.3 Å². The summed E-state index contributed by atoms with van der Waals surface area (Å²) < 4.78 is 0.885. The van der Waals surface area contributed by atoms with Crippen molar-refractivity contribution in [2.45, 2.75) is 25.7 Å². The monoisotopic (exact) mass is 429 g/mol. The van der Waals surface area contributed by atoms with Crippen LogP contribution in [0.2, 0.25) is 0 Å². The third-order valence-corrected chi connectivity index (χ3v) is 5.65.